The van der Waals surface area contributed by atoms with E-state index in [9.17, 15) is 4.79 Å². The summed E-state index contributed by atoms with van der Waals surface area (Å²) in [7, 11) is 0. The highest BCUT2D eigenvalue weighted by Gasteiger charge is 2.60. The quantitative estimate of drug-likeness (QED) is 0.512. The van der Waals surface area contributed by atoms with E-state index >= 15 is 0 Å². The second-order valence-corrected chi connectivity index (χ2v) is 4.85. The lowest BCUT2D eigenvalue weighted by Gasteiger charge is -2.43. The molecule has 66 valence electrons. The van der Waals surface area contributed by atoms with Gasteiger partial charge < -0.3 is 4.74 Å². The summed E-state index contributed by atoms with van der Waals surface area (Å²) in [6.07, 6.45) is 5.07. The molecule has 0 aromatic rings. The predicted octanol–water partition coefficient (Wildman–Crippen LogP) is 1.74. The Balaban J connectivity index is 2.06. The molecule has 1 aliphatic heterocycles. The Morgan fingerprint density at radius 3 is 2.92 bits per heavy atom. The predicted molar refractivity (Wildman–Crippen MR) is 43.4 cm³/mol. The Labute approximate surface area is 72.3 Å². The molecular formula is C10H14O2. The van der Waals surface area contributed by atoms with E-state index in [1.165, 1.54) is 12.8 Å². The molecule has 4 aliphatic rings. The van der Waals surface area contributed by atoms with E-state index in [1.807, 2.05) is 0 Å². The van der Waals surface area contributed by atoms with Gasteiger partial charge in [0, 0.05) is 5.92 Å². The number of hydrogen-bond acceptors (Lipinski definition) is 2. The molecule has 4 atom stereocenters. The molecule has 0 amide bonds. The molecule has 1 heterocycles. The van der Waals surface area contributed by atoms with Crippen LogP contribution in [0.25, 0.3) is 0 Å². The van der Waals surface area contributed by atoms with E-state index in [1.54, 1.807) is 0 Å². The Hall–Kier alpha value is -0.530. The standard InChI is InChI=1S/C10H14O2/c1-10-5-6-2-3-7(10)8(4-6)12-9(10)11/h6-8H,2-5H2,1H3. The molecule has 2 heteroatoms. The van der Waals surface area contributed by atoms with Crippen molar-refractivity contribution in [3.63, 3.8) is 0 Å². The molecule has 0 aromatic heterocycles. The lowest BCUT2D eigenvalue weighted by molar-refractivity contribution is -0.147. The summed E-state index contributed by atoms with van der Waals surface area (Å²) in [5, 5.41) is 0. The molecule has 4 fully saturated rings. The molecule has 4 bridgehead atoms. The van der Waals surface area contributed by atoms with Gasteiger partial charge in [0.25, 0.3) is 0 Å². The molecule has 0 aromatic carbocycles. The monoisotopic (exact) mass is 166 g/mol. The van der Waals surface area contributed by atoms with Crippen LogP contribution in [0.3, 0.4) is 0 Å². The summed E-state index contributed by atoms with van der Waals surface area (Å²) in [6, 6.07) is 0. The second-order valence-electron chi connectivity index (χ2n) is 4.85. The maximum atomic E-state index is 11.5. The molecule has 0 spiro atoms. The van der Waals surface area contributed by atoms with E-state index in [-0.39, 0.29) is 17.5 Å². The van der Waals surface area contributed by atoms with E-state index in [2.05, 4.69) is 6.92 Å². The number of fused-ring (bicyclic) bond motifs is 1. The molecule has 0 radical (unpaired) electrons. The molecule has 3 saturated carbocycles. The van der Waals surface area contributed by atoms with Gasteiger partial charge in [-0.3, -0.25) is 4.79 Å². The third-order valence-corrected chi connectivity index (χ3v) is 4.16. The largest absolute Gasteiger partial charge is 0.462 e. The van der Waals surface area contributed by atoms with Crippen LogP contribution in [0.2, 0.25) is 0 Å². The van der Waals surface area contributed by atoms with Gasteiger partial charge in [-0.15, -0.1) is 0 Å². The van der Waals surface area contributed by atoms with Gasteiger partial charge >= 0.3 is 5.97 Å². The summed E-state index contributed by atoms with van der Waals surface area (Å²) >= 11 is 0. The Morgan fingerprint density at radius 2 is 2.33 bits per heavy atom. The zero-order valence-electron chi connectivity index (χ0n) is 7.38. The molecule has 4 unspecified atom stereocenters. The summed E-state index contributed by atoms with van der Waals surface area (Å²) in [6.45, 7) is 2.10. The number of carbonyl (C=O) groups excluding carboxylic acids is 1. The van der Waals surface area contributed by atoms with Gasteiger partial charge in [0.15, 0.2) is 0 Å². The third-order valence-electron chi connectivity index (χ3n) is 4.16. The van der Waals surface area contributed by atoms with Crippen LogP contribution >= 0.6 is 0 Å². The highest BCUT2D eigenvalue weighted by Crippen LogP contribution is 2.58. The van der Waals surface area contributed by atoms with Crippen molar-refractivity contribution >= 4 is 5.97 Å². The molecule has 12 heavy (non-hydrogen) atoms. The smallest absolute Gasteiger partial charge is 0.312 e. The highest BCUT2D eigenvalue weighted by molar-refractivity contribution is 5.80. The van der Waals surface area contributed by atoms with Crippen LogP contribution in [0.1, 0.15) is 32.6 Å². The molecule has 0 N–H and O–H groups in total. The van der Waals surface area contributed by atoms with Crippen LogP contribution < -0.4 is 0 Å². The minimum Gasteiger partial charge on any atom is -0.462 e. The second kappa shape index (κ2) is 1.86. The van der Waals surface area contributed by atoms with Crippen LogP contribution in [-0.2, 0) is 9.53 Å². The maximum Gasteiger partial charge on any atom is 0.312 e. The zero-order valence-corrected chi connectivity index (χ0v) is 7.38. The van der Waals surface area contributed by atoms with Crippen molar-refractivity contribution in [1.82, 2.24) is 0 Å². The fourth-order valence-electron chi connectivity index (χ4n) is 3.51. The van der Waals surface area contributed by atoms with Crippen molar-refractivity contribution in [3.05, 3.63) is 0 Å². The van der Waals surface area contributed by atoms with Crippen LogP contribution in [0.5, 0.6) is 0 Å². The van der Waals surface area contributed by atoms with Gasteiger partial charge in [-0.1, -0.05) is 0 Å². The lowest BCUT2D eigenvalue weighted by atomic mass is 9.57. The minimum absolute atomic E-state index is 0.0831. The Kier molecular flexibility index (Phi) is 1.07. The Morgan fingerprint density at radius 1 is 1.50 bits per heavy atom. The number of carbonyl (C=O) groups is 1. The van der Waals surface area contributed by atoms with Crippen molar-refractivity contribution in [1.29, 1.82) is 0 Å². The number of ether oxygens (including phenoxy) is 1. The van der Waals surface area contributed by atoms with Crippen LogP contribution in [0, 0.1) is 17.3 Å². The van der Waals surface area contributed by atoms with Gasteiger partial charge in [0.1, 0.15) is 6.10 Å². The summed E-state index contributed by atoms with van der Waals surface area (Å²) in [5.41, 5.74) is -0.0914. The van der Waals surface area contributed by atoms with E-state index < -0.39 is 0 Å². The maximum absolute atomic E-state index is 11.5. The first-order valence-corrected chi connectivity index (χ1v) is 4.91. The van der Waals surface area contributed by atoms with Crippen molar-refractivity contribution in [2.75, 3.05) is 0 Å². The van der Waals surface area contributed by atoms with Crippen LogP contribution in [0.4, 0.5) is 0 Å². The first-order chi connectivity index (χ1) is 5.70. The van der Waals surface area contributed by atoms with Crippen molar-refractivity contribution in [2.24, 2.45) is 17.3 Å². The van der Waals surface area contributed by atoms with Crippen molar-refractivity contribution < 1.29 is 9.53 Å². The molecule has 1 saturated heterocycles. The zero-order chi connectivity index (χ0) is 8.34. The molecular weight excluding hydrogens is 152 g/mol. The van der Waals surface area contributed by atoms with Crippen molar-refractivity contribution in [2.45, 2.75) is 38.7 Å². The van der Waals surface area contributed by atoms with E-state index in [0.29, 0.717) is 5.92 Å². The first-order valence-electron chi connectivity index (χ1n) is 4.91. The van der Waals surface area contributed by atoms with Gasteiger partial charge in [-0.25, -0.2) is 0 Å². The molecule has 3 aliphatic carbocycles. The fourth-order valence-corrected chi connectivity index (χ4v) is 3.51. The number of rotatable bonds is 0. The lowest BCUT2D eigenvalue weighted by Crippen LogP contribution is -2.43. The summed E-state index contributed by atoms with van der Waals surface area (Å²) < 4.78 is 5.38. The first kappa shape index (κ1) is 6.93. The van der Waals surface area contributed by atoms with Gasteiger partial charge in [-0.05, 0) is 38.5 Å². The summed E-state index contributed by atoms with van der Waals surface area (Å²) in [5.74, 6) is 1.41. The molecule has 4 rings (SSSR count). The SMILES string of the molecule is CC12CC3CCC1C(C3)OC2=O. The number of esters is 1. The van der Waals surface area contributed by atoms with Crippen LogP contribution in [0.15, 0.2) is 0 Å². The van der Waals surface area contributed by atoms with E-state index in [0.717, 1.165) is 18.8 Å². The summed E-state index contributed by atoms with van der Waals surface area (Å²) in [4.78, 5) is 11.5. The van der Waals surface area contributed by atoms with E-state index in [4.69, 9.17) is 4.74 Å². The molecule has 2 nitrogen and oxygen atoms in total. The van der Waals surface area contributed by atoms with Crippen LogP contribution in [-0.4, -0.2) is 12.1 Å². The fraction of sp³-hybridized carbons (Fsp3) is 0.900. The van der Waals surface area contributed by atoms with Gasteiger partial charge in [0.05, 0.1) is 5.41 Å². The van der Waals surface area contributed by atoms with Gasteiger partial charge in [-0.2, -0.15) is 0 Å². The van der Waals surface area contributed by atoms with Crippen molar-refractivity contribution in [3.8, 4) is 0 Å². The third kappa shape index (κ3) is 0.606. The average molecular weight is 166 g/mol. The normalized spacial score (nSPS) is 55.8. The number of hydrogen-bond donors (Lipinski definition) is 0. The average Bonchev–Trinajstić information content (AvgIpc) is 2.20. The Bertz CT molecular complexity index is 248. The minimum atomic E-state index is -0.0914. The topological polar surface area (TPSA) is 26.3 Å². The highest BCUT2D eigenvalue weighted by atomic mass is 16.6. The van der Waals surface area contributed by atoms with Gasteiger partial charge in [0.2, 0.25) is 0 Å².